The van der Waals surface area contributed by atoms with Gasteiger partial charge in [-0.25, -0.2) is 9.78 Å². The fourth-order valence-corrected chi connectivity index (χ4v) is 4.11. The second-order valence-electron chi connectivity index (χ2n) is 7.72. The number of aromatic nitrogens is 2. The summed E-state index contributed by atoms with van der Waals surface area (Å²) in [4.78, 5) is 17.4. The lowest BCUT2D eigenvalue weighted by molar-refractivity contribution is 0.251. The molecule has 0 fully saturated rings. The van der Waals surface area contributed by atoms with E-state index in [-0.39, 0.29) is 6.03 Å². The number of urea groups is 1. The molecular weight excluding hydrogens is 452 g/mol. The van der Waals surface area contributed by atoms with Crippen LogP contribution < -0.4 is 20.1 Å². The van der Waals surface area contributed by atoms with Crippen molar-refractivity contribution in [3.63, 3.8) is 0 Å². The van der Waals surface area contributed by atoms with Crippen molar-refractivity contribution < 1.29 is 14.3 Å². The molecule has 0 aliphatic carbocycles. The standard InChI is InChI=1S/C26H27ClN4O3/c1-33-23-17-24(34-2)21(16-19(23)27)30-26(32)28-14-15-31-22-11-7-6-10-20(22)29-25(31)13-12-18-8-4-3-5-9-18/h3-11,16-17H,12-15H2,1-2H3,(H2,28,30,32). The molecule has 0 radical (unpaired) electrons. The Kier molecular flexibility index (Phi) is 7.54. The van der Waals surface area contributed by atoms with Crippen molar-refractivity contribution >= 4 is 34.4 Å². The number of halogens is 1. The number of methoxy groups -OCH3 is 2. The van der Waals surface area contributed by atoms with E-state index < -0.39 is 0 Å². The Labute approximate surface area is 203 Å². The number of amides is 2. The van der Waals surface area contributed by atoms with Crippen molar-refractivity contribution in [2.45, 2.75) is 19.4 Å². The average Bonchev–Trinajstić information content (AvgIpc) is 3.21. The highest BCUT2D eigenvalue weighted by Crippen LogP contribution is 2.35. The number of hydrogen-bond acceptors (Lipinski definition) is 4. The first kappa shape index (κ1) is 23.4. The van der Waals surface area contributed by atoms with Crippen LogP contribution in [0.2, 0.25) is 5.02 Å². The summed E-state index contributed by atoms with van der Waals surface area (Å²) in [6.45, 7) is 1.02. The molecule has 0 aliphatic heterocycles. The van der Waals surface area contributed by atoms with Crippen molar-refractivity contribution in [2.24, 2.45) is 0 Å². The third kappa shape index (κ3) is 5.43. The third-order valence-electron chi connectivity index (χ3n) is 5.56. The fraction of sp³-hybridized carbons (Fsp3) is 0.231. The maximum Gasteiger partial charge on any atom is 0.319 e. The first-order valence-corrected chi connectivity index (χ1v) is 11.4. The van der Waals surface area contributed by atoms with E-state index in [1.807, 2.05) is 36.4 Å². The van der Waals surface area contributed by atoms with Gasteiger partial charge in [0.25, 0.3) is 0 Å². The van der Waals surface area contributed by atoms with E-state index in [1.54, 1.807) is 12.1 Å². The van der Waals surface area contributed by atoms with Gasteiger partial charge in [-0.2, -0.15) is 0 Å². The van der Waals surface area contributed by atoms with Crippen molar-refractivity contribution in [3.05, 3.63) is 83.1 Å². The molecule has 0 saturated heterocycles. The molecular formula is C26H27ClN4O3. The number of fused-ring (bicyclic) bond motifs is 1. The molecule has 3 aromatic carbocycles. The second kappa shape index (κ2) is 10.9. The lowest BCUT2D eigenvalue weighted by atomic mass is 10.1. The van der Waals surface area contributed by atoms with Gasteiger partial charge in [0, 0.05) is 25.6 Å². The number of anilines is 1. The highest BCUT2D eigenvalue weighted by Gasteiger charge is 2.14. The summed E-state index contributed by atoms with van der Waals surface area (Å²) in [5, 5.41) is 6.08. The Hall–Kier alpha value is -3.71. The number of benzene rings is 3. The number of nitrogens with one attached hydrogen (secondary N) is 2. The Morgan fingerprint density at radius 2 is 1.71 bits per heavy atom. The number of ether oxygens (including phenoxy) is 2. The van der Waals surface area contributed by atoms with Crippen LogP contribution in [-0.4, -0.2) is 36.3 Å². The van der Waals surface area contributed by atoms with Gasteiger partial charge in [-0.1, -0.05) is 54.1 Å². The highest BCUT2D eigenvalue weighted by molar-refractivity contribution is 6.32. The molecule has 2 amide bonds. The van der Waals surface area contributed by atoms with E-state index >= 15 is 0 Å². The van der Waals surface area contributed by atoms with Gasteiger partial charge in [0.05, 0.1) is 36.0 Å². The Balaban J connectivity index is 1.42. The van der Waals surface area contributed by atoms with Gasteiger partial charge < -0.3 is 24.7 Å². The number of hydrogen-bond donors (Lipinski definition) is 2. The van der Waals surface area contributed by atoms with Gasteiger partial charge in [0.1, 0.15) is 17.3 Å². The first-order valence-electron chi connectivity index (χ1n) is 11.0. The van der Waals surface area contributed by atoms with E-state index in [0.717, 1.165) is 29.7 Å². The number of carbonyl (C=O) groups excluding carboxylic acids is 1. The normalized spacial score (nSPS) is 10.8. The van der Waals surface area contributed by atoms with Crippen molar-refractivity contribution in [1.82, 2.24) is 14.9 Å². The van der Waals surface area contributed by atoms with E-state index in [0.29, 0.717) is 35.3 Å². The number of imidazole rings is 1. The van der Waals surface area contributed by atoms with Crippen LogP contribution in [0.3, 0.4) is 0 Å². The molecule has 0 saturated carbocycles. The quantitative estimate of drug-likeness (QED) is 0.341. The molecule has 0 unspecified atom stereocenters. The van der Waals surface area contributed by atoms with E-state index in [1.165, 1.54) is 19.8 Å². The lowest BCUT2D eigenvalue weighted by Gasteiger charge is -2.14. The zero-order valence-electron chi connectivity index (χ0n) is 19.2. The molecule has 8 heteroatoms. The Morgan fingerprint density at radius 3 is 2.47 bits per heavy atom. The van der Waals surface area contributed by atoms with Gasteiger partial charge in [0.2, 0.25) is 0 Å². The van der Waals surface area contributed by atoms with Crippen LogP contribution in [0, 0.1) is 0 Å². The Bertz CT molecular complexity index is 1270. The first-order chi connectivity index (χ1) is 16.6. The lowest BCUT2D eigenvalue weighted by Crippen LogP contribution is -2.32. The molecule has 2 N–H and O–H groups in total. The molecule has 4 aromatic rings. The molecule has 1 aromatic heterocycles. The summed E-state index contributed by atoms with van der Waals surface area (Å²) >= 11 is 6.20. The van der Waals surface area contributed by atoms with Gasteiger partial charge in [0.15, 0.2) is 0 Å². The Morgan fingerprint density at radius 1 is 0.971 bits per heavy atom. The van der Waals surface area contributed by atoms with Crippen LogP contribution >= 0.6 is 11.6 Å². The van der Waals surface area contributed by atoms with Crippen LogP contribution in [0.5, 0.6) is 11.5 Å². The number of rotatable bonds is 9. The summed E-state index contributed by atoms with van der Waals surface area (Å²) in [5.41, 5.74) is 3.73. The number of carbonyl (C=O) groups is 1. The van der Waals surface area contributed by atoms with Crippen LogP contribution in [0.1, 0.15) is 11.4 Å². The van der Waals surface area contributed by atoms with Crippen molar-refractivity contribution in [2.75, 3.05) is 26.1 Å². The molecule has 1 heterocycles. The summed E-state index contributed by atoms with van der Waals surface area (Å²) < 4.78 is 12.7. The second-order valence-corrected chi connectivity index (χ2v) is 8.13. The number of nitrogens with zero attached hydrogens (tertiary/aromatic N) is 2. The van der Waals surface area contributed by atoms with Crippen molar-refractivity contribution in [3.8, 4) is 11.5 Å². The maximum absolute atomic E-state index is 12.6. The minimum atomic E-state index is -0.352. The summed E-state index contributed by atoms with van der Waals surface area (Å²) in [6.07, 6.45) is 1.71. The third-order valence-corrected chi connectivity index (χ3v) is 5.85. The number of para-hydroxylation sites is 2. The van der Waals surface area contributed by atoms with Gasteiger partial charge in [-0.15, -0.1) is 0 Å². The van der Waals surface area contributed by atoms with Gasteiger partial charge in [-0.05, 0) is 30.2 Å². The van der Waals surface area contributed by atoms with E-state index in [2.05, 4.69) is 33.4 Å². The molecule has 4 rings (SSSR count). The van der Waals surface area contributed by atoms with Gasteiger partial charge in [-0.3, -0.25) is 0 Å². The van der Waals surface area contributed by atoms with Crippen LogP contribution in [0.25, 0.3) is 11.0 Å². The van der Waals surface area contributed by atoms with E-state index in [4.69, 9.17) is 26.1 Å². The van der Waals surface area contributed by atoms with Gasteiger partial charge >= 0.3 is 6.03 Å². The van der Waals surface area contributed by atoms with Crippen LogP contribution in [0.15, 0.2) is 66.7 Å². The van der Waals surface area contributed by atoms with E-state index in [9.17, 15) is 4.79 Å². The van der Waals surface area contributed by atoms with Crippen LogP contribution in [0.4, 0.5) is 10.5 Å². The predicted octanol–water partition coefficient (Wildman–Crippen LogP) is 5.31. The zero-order chi connectivity index (χ0) is 23.9. The average molecular weight is 479 g/mol. The summed E-state index contributed by atoms with van der Waals surface area (Å²) in [5.74, 6) is 1.93. The van der Waals surface area contributed by atoms with Crippen molar-refractivity contribution in [1.29, 1.82) is 0 Å². The molecule has 34 heavy (non-hydrogen) atoms. The molecule has 0 aliphatic rings. The molecule has 0 spiro atoms. The highest BCUT2D eigenvalue weighted by atomic mass is 35.5. The zero-order valence-corrected chi connectivity index (χ0v) is 19.9. The summed E-state index contributed by atoms with van der Waals surface area (Å²) in [7, 11) is 3.04. The molecule has 0 bridgehead atoms. The number of aryl methyl sites for hydroxylation is 2. The minimum Gasteiger partial charge on any atom is -0.495 e. The topological polar surface area (TPSA) is 77.4 Å². The smallest absolute Gasteiger partial charge is 0.319 e. The minimum absolute atomic E-state index is 0.352. The van der Waals surface area contributed by atoms with Crippen LogP contribution in [-0.2, 0) is 19.4 Å². The largest absolute Gasteiger partial charge is 0.495 e. The summed E-state index contributed by atoms with van der Waals surface area (Å²) in [6, 6.07) is 21.3. The monoisotopic (exact) mass is 478 g/mol. The molecule has 7 nitrogen and oxygen atoms in total. The fourth-order valence-electron chi connectivity index (χ4n) is 3.87. The maximum atomic E-state index is 12.6. The molecule has 0 atom stereocenters. The predicted molar refractivity (Wildman–Crippen MR) is 135 cm³/mol. The molecule has 176 valence electrons. The SMILES string of the molecule is COc1cc(OC)c(NC(=O)NCCn2c(CCc3ccccc3)nc3ccccc32)cc1Cl.